The molecule has 100 valence electrons. The van der Waals surface area contributed by atoms with E-state index in [1.54, 1.807) is 24.3 Å². The first kappa shape index (κ1) is 12.7. The molecule has 0 saturated carbocycles. The van der Waals surface area contributed by atoms with Gasteiger partial charge in [-0.05, 0) is 0 Å². The number of nitrogens with zero attached hydrogens (tertiary/aromatic N) is 8. The lowest BCUT2D eigenvalue weighted by molar-refractivity contribution is 0.950. The minimum atomic E-state index is -0.222. The second-order valence-corrected chi connectivity index (χ2v) is 3.99. The maximum absolute atomic E-state index is 9.11. The molecule has 3 aromatic rings. The van der Waals surface area contributed by atoms with E-state index in [9.17, 15) is 0 Å². The van der Waals surface area contributed by atoms with Crippen LogP contribution in [-0.2, 0) is 0 Å². The van der Waals surface area contributed by atoms with Crippen molar-refractivity contribution in [2.75, 3.05) is 0 Å². The van der Waals surface area contributed by atoms with Gasteiger partial charge in [-0.15, -0.1) is 0 Å². The molecule has 0 fully saturated rings. The molecule has 2 N–H and O–H groups in total. The number of rotatable bonds is 0. The minimum Gasteiger partial charge on any atom is -0.197 e. The summed E-state index contributed by atoms with van der Waals surface area (Å²) in [4.78, 5) is 0. The third-order valence-electron chi connectivity index (χ3n) is 2.99. The van der Waals surface area contributed by atoms with Crippen LogP contribution in [0.15, 0.2) is 0 Å². The summed E-state index contributed by atoms with van der Waals surface area (Å²) >= 11 is 0. The molecule has 2 heterocycles. The Bertz CT molecular complexity index is 1030. The molecular formula is C12H2N10. The summed E-state index contributed by atoms with van der Waals surface area (Å²) in [6, 6.07) is 7.06. The van der Waals surface area contributed by atoms with Crippen LogP contribution in [-0.4, -0.2) is 30.8 Å². The quantitative estimate of drug-likeness (QED) is 0.507. The molecule has 2 aromatic heterocycles. The first-order valence-corrected chi connectivity index (χ1v) is 5.68. The molecule has 0 amide bonds. The zero-order chi connectivity index (χ0) is 15.7. The lowest BCUT2D eigenvalue weighted by Crippen LogP contribution is -2.18. The van der Waals surface area contributed by atoms with E-state index in [0.717, 1.165) is 0 Å². The molecule has 10 heteroatoms. The fourth-order valence-electron chi connectivity index (χ4n) is 2.13. The van der Waals surface area contributed by atoms with Gasteiger partial charge in [-0.1, -0.05) is 0 Å². The average molecular weight is 286 g/mol. The molecule has 22 heavy (non-hydrogen) atoms. The van der Waals surface area contributed by atoms with Gasteiger partial charge in [-0.25, -0.2) is 0 Å². The molecule has 0 aliphatic rings. The van der Waals surface area contributed by atoms with Crippen LogP contribution < -0.4 is 10.4 Å². The third-order valence-corrected chi connectivity index (χ3v) is 2.99. The molecule has 0 aliphatic carbocycles. The number of aromatic amines is 2. The molecule has 0 spiro atoms. The van der Waals surface area contributed by atoms with Crippen molar-refractivity contribution in [1.82, 2.24) is 30.8 Å². The Morgan fingerprint density at radius 1 is 0.591 bits per heavy atom. The summed E-state index contributed by atoms with van der Waals surface area (Å²) in [6.07, 6.45) is 0. The summed E-state index contributed by atoms with van der Waals surface area (Å²) in [7, 11) is 0. The first-order chi connectivity index (χ1) is 10.8. The van der Waals surface area contributed by atoms with Gasteiger partial charge in [-0.3, -0.25) is 0 Å². The number of fused-ring (bicyclic) bond motifs is 2. The second-order valence-electron chi connectivity index (χ2n) is 3.99. The van der Waals surface area contributed by atoms with Crippen molar-refractivity contribution in [3.8, 4) is 24.3 Å². The highest BCUT2D eigenvalue weighted by molar-refractivity contribution is 6.00. The topological polar surface area (TPSA) is 178 Å². The molecule has 0 bridgehead atoms. The average Bonchev–Trinajstić information content (AvgIpc) is 3.19. The number of nitriles is 4. The van der Waals surface area contributed by atoms with Gasteiger partial charge in [0.2, 0.25) is 0 Å². The fourth-order valence-corrected chi connectivity index (χ4v) is 2.13. The highest BCUT2D eigenvalue weighted by Gasteiger charge is 2.17. The lowest BCUT2D eigenvalue weighted by Gasteiger charge is -1.94. The predicted molar refractivity (Wildman–Crippen MR) is 69.9 cm³/mol. The maximum Gasteiger partial charge on any atom is 0.141 e. The number of hydrogen-bond donors (Lipinski definition) is 2. The fraction of sp³-hybridized carbons (Fsp3) is 0. The molecule has 10 nitrogen and oxygen atoms in total. The van der Waals surface area contributed by atoms with Crippen molar-refractivity contribution in [3.63, 3.8) is 0 Å². The Morgan fingerprint density at radius 2 is 0.864 bits per heavy atom. The molecule has 0 atom stereocenters. The SMILES string of the molecule is N#CC(C#N)=c1c2n[nH]nc2c(=C(C#N)C#N)c2n[nH]nc12. The zero-order valence-corrected chi connectivity index (χ0v) is 10.6. The number of H-pyrrole nitrogens is 2. The van der Waals surface area contributed by atoms with E-state index in [1.807, 2.05) is 0 Å². The number of aromatic nitrogens is 6. The van der Waals surface area contributed by atoms with Gasteiger partial charge >= 0.3 is 0 Å². The number of benzene rings is 1. The summed E-state index contributed by atoms with van der Waals surface area (Å²) in [5.74, 6) is 0. The Morgan fingerprint density at radius 3 is 1.09 bits per heavy atom. The summed E-state index contributed by atoms with van der Waals surface area (Å²) in [5.41, 5.74) is 0.213. The molecule has 3 rings (SSSR count). The van der Waals surface area contributed by atoms with Crippen LogP contribution in [0, 0.1) is 45.3 Å². The predicted octanol–water partition coefficient (Wildman–Crippen LogP) is -1.38. The van der Waals surface area contributed by atoms with Crippen molar-refractivity contribution in [3.05, 3.63) is 10.4 Å². The zero-order valence-electron chi connectivity index (χ0n) is 10.6. The Kier molecular flexibility index (Phi) is 2.71. The van der Waals surface area contributed by atoms with Gasteiger partial charge in [0, 0.05) is 0 Å². The van der Waals surface area contributed by atoms with Gasteiger partial charge < -0.3 is 0 Å². The summed E-state index contributed by atoms with van der Waals surface area (Å²) in [5, 5.41) is 57.1. The molecular weight excluding hydrogens is 284 g/mol. The largest absolute Gasteiger partial charge is 0.197 e. The van der Waals surface area contributed by atoms with Gasteiger partial charge in [-0.2, -0.15) is 51.9 Å². The van der Waals surface area contributed by atoms with Gasteiger partial charge in [0.05, 0.1) is 10.4 Å². The Balaban J connectivity index is 2.89. The van der Waals surface area contributed by atoms with Crippen LogP contribution in [0.4, 0.5) is 0 Å². The molecule has 0 saturated heterocycles. The lowest BCUT2D eigenvalue weighted by atomic mass is 10.1. The van der Waals surface area contributed by atoms with Gasteiger partial charge in [0.25, 0.3) is 0 Å². The van der Waals surface area contributed by atoms with Crippen LogP contribution in [0.5, 0.6) is 0 Å². The van der Waals surface area contributed by atoms with Crippen LogP contribution in [0.3, 0.4) is 0 Å². The monoisotopic (exact) mass is 286 g/mol. The van der Waals surface area contributed by atoms with E-state index in [2.05, 4.69) is 30.8 Å². The number of nitrogens with one attached hydrogen (secondary N) is 2. The van der Waals surface area contributed by atoms with Gasteiger partial charge in [0.15, 0.2) is 0 Å². The van der Waals surface area contributed by atoms with Crippen molar-refractivity contribution in [2.45, 2.75) is 0 Å². The van der Waals surface area contributed by atoms with Crippen molar-refractivity contribution in [1.29, 1.82) is 21.0 Å². The first-order valence-electron chi connectivity index (χ1n) is 5.68. The molecule has 0 unspecified atom stereocenters. The molecule has 0 radical (unpaired) electrons. The van der Waals surface area contributed by atoms with Crippen LogP contribution in [0.25, 0.3) is 33.2 Å². The van der Waals surface area contributed by atoms with Crippen molar-refractivity contribution >= 4 is 33.2 Å². The number of hydrogen-bond acceptors (Lipinski definition) is 8. The van der Waals surface area contributed by atoms with E-state index in [0.29, 0.717) is 0 Å². The third kappa shape index (κ3) is 1.50. The highest BCUT2D eigenvalue weighted by Crippen LogP contribution is 2.08. The van der Waals surface area contributed by atoms with E-state index in [4.69, 9.17) is 21.0 Å². The Hall–Kier alpha value is -4.28. The van der Waals surface area contributed by atoms with E-state index < -0.39 is 0 Å². The standard InChI is InChI=1S/C12H2N10/c13-1-5(2-14)7-9-11(19-21-17-9)8(6(3-15)4-16)12-10(7)18-22-20-12/h(H,17,19,21)(H,18,20,22). The van der Waals surface area contributed by atoms with E-state index >= 15 is 0 Å². The summed E-state index contributed by atoms with van der Waals surface area (Å²) < 4.78 is 0. The molecule has 0 aliphatic heterocycles. The minimum absolute atomic E-state index is 0.150. The van der Waals surface area contributed by atoms with Crippen LogP contribution >= 0.6 is 0 Å². The van der Waals surface area contributed by atoms with E-state index in [-0.39, 0.29) is 43.7 Å². The summed E-state index contributed by atoms with van der Waals surface area (Å²) in [6.45, 7) is 0. The van der Waals surface area contributed by atoms with Crippen molar-refractivity contribution in [2.24, 2.45) is 0 Å². The second kappa shape index (κ2) is 4.68. The maximum atomic E-state index is 9.11. The van der Waals surface area contributed by atoms with Crippen LogP contribution in [0.2, 0.25) is 0 Å². The Labute approximate surface area is 120 Å². The van der Waals surface area contributed by atoms with Crippen LogP contribution in [0.1, 0.15) is 0 Å². The highest BCUT2D eigenvalue weighted by atomic mass is 15.3. The van der Waals surface area contributed by atoms with Gasteiger partial charge in [0.1, 0.15) is 57.5 Å². The smallest absolute Gasteiger partial charge is 0.141 e. The normalized spacial score (nSPS) is 9.64. The van der Waals surface area contributed by atoms with Crippen molar-refractivity contribution < 1.29 is 0 Å². The molecule has 1 aromatic carbocycles. The van der Waals surface area contributed by atoms with E-state index in [1.165, 1.54) is 0 Å².